The first-order valence-electron chi connectivity index (χ1n) is 11.2. The quantitative estimate of drug-likeness (QED) is 0.242. The third-order valence-corrected chi connectivity index (χ3v) is 6.04. The van der Waals surface area contributed by atoms with E-state index >= 15 is 0 Å². The van der Waals surface area contributed by atoms with Crippen molar-refractivity contribution in [2.75, 3.05) is 29.9 Å². The highest BCUT2D eigenvalue weighted by molar-refractivity contribution is 6.04. The molecule has 2 heterocycles. The number of hydrogen-bond donors (Lipinski definition) is 5. The van der Waals surface area contributed by atoms with E-state index in [1.54, 1.807) is 30.3 Å². The average Bonchev–Trinajstić information content (AvgIpc) is 2.84. The molecule has 7 N–H and O–H groups in total. The Kier molecular flexibility index (Phi) is 6.99. The number of nitrogens with zero attached hydrogens (tertiary/aromatic N) is 2. The van der Waals surface area contributed by atoms with Crippen LogP contribution in [0.5, 0.6) is 0 Å². The Labute approximate surface area is 206 Å². The SMILES string of the molecule is N=C(N)c1ccc(NC(=O)[C@H](O)C2OCCN(c3ccc4c(c3)CC(=O)N(CC(N)=O)C4)C2=O)cc1. The molecule has 4 amide bonds. The Bertz CT molecular complexity index is 1230. The molecule has 1 fully saturated rings. The van der Waals surface area contributed by atoms with Crippen LogP contribution in [0, 0.1) is 5.41 Å². The van der Waals surface area contributed by atoms with Crippen LogP contribution in [-0.4, -0.2) is 71.4 Å². The van der Waals surface area contributed by atoms with Crippen molar-refractivity contribution in [3.63, 3.8) is 0 Å². The minimum atomic E-state index is -1.77. The number of carbonyl (C=O) groups is 4. The first-order valence-corrected chi connectivity index (χ1v) is 11.2. The molecule has 0 aromatic heterocycles. The number of amidine groups is 1. The maximum Gasteiger partial charge on any atom is 0.259 e. The van der Waals surface area contributed by atoms with E-state index in [0.717, 1.165) is 11.1 Å². The molecular formula is C24H26N6O6. The van der Waals surface area contributed by atoms with Crippen molar-refractivity contribution in [1.82, 2.24) is 4.90 Å². The number of carbonyl (C=O) groups excluding carboxylic acids is 4. The number of aliphatic hydroxyl groups is 1. The van der Waals surface area contributed by atoms with Gasteiger partial charge in [0.15, 0.2) is 12.2 Å². The van der Waals surface area contributed by atoms with Gasteiger partial charge in [0.2, 0.25) is 11.8 Å². The zero-order valence-corrected chi connectivity index (χ0v) is 19.3. The van der Waals surface area contributed by atoms with E-state index in [-0.39, 0.29) is 44.4 Å². The second kappa shape index (κ2) is 10.1. The minimum Gasteiger partial charge on any atom is -0.384 e. The number of fused-ring (bicyclic) bond motifs is 1. The maximum absolute atomic E-state index is 13.1. The van der Waals surface area contributed by atoms with E-state index < -0.39 is 29.9 Å². The van der Waals surface area contributed by atoms with Gasteiger partial charge in [-0.1, -0.05) is 6.07 Å². The summed E-state index contributed by atoms with van der Waals surface area (Å²) in [5.41, 5.74) is 13.5. The topological polar surface area (TPSA) is 192 Å². The van der Waals surface area contributed by atoms with E-state index in [1.807, 2.05) is 0 Å². The third kappa shape index (κ3) is 5.19. The molecule has 4 rings (SSSR count). The van der Waals surface area contributed by atoms with Gasteiger partial charge >= 0.3 is 0 Å². The van der Waals surface area contributed by atoms with Crippen LogP contribution in [0.3, 0.4) is 0 Å². The molecule has 36 heavy (non-hydrogen) atoms. The molecule has 0 radical (unpaired) electrons. The smallest absolute Gasteiger partial charge is 0.259 e. The molecule has 2 aliphatic rings. The summed E-state index contributed by atoms with van der Waals surface area (Å²) in [6.07, 6.45) is -3.13. The van der Waals surface area contributed by atoms with Gasteiger partial charge in [-0.2, -0.15) is 0 Å². The Morgan fingerprint density at radius 3 is 2.53 bits per heavy atom. The number of nitrogen functional groups attached to an aromatic ring is 1. The number of primary amides is 1. The Morgan fingerprint density at radius 2 is 1.86 bits per heavy atom. The van der Waals surface area contributed by atoms with Crippen molar-refractivity contribution >= 4 is 40.8 Å². The molecule has 0 aliphatic carbocycles. The predicted molar refractivity (Wildman–Crippen MR) is 129 cm³/mol. The number of benzene rings is 2. The van der Waals surface area contributed by atoms with Gasteiger partial charge in [0.25, 0.3) is 11.8 Å². The van der Waals surface area contributed by atoms with Gasteiger partial charge in [-0.15, -0.1) is 0 Å². The molecule has 2 aliphatic heterocycles. The molecule has 12 heteroatoms. The summed E-state index contributed by atoms with van der Waals surface area (Å²) in [7, 11) is 0. The van der Waals surface area contributed by atoms with Gasteiger partial charge in [0.05, 0.1) is 19.6 Å². The number of morpholine rings is 1. The van der Waals surface area contributed by atoms with Gasteiger partial charge in [-0.25, -0.2) is 0 Å². The van der Waals surface area contributed by atoms with Crippen molar-refractivity contribution in [2.24, 2.45) is 11.5 Å². The number of anilines is 2. The summed E-state index contributed by atoms with van der Waals surface area (Å²) in [4.78, 5) is 52.1. The first-order chi connectivity index (χ1) is 17.1. The summed E-state index contributed by atoms with van der Waals surface area (Å²) < 4.78 is 5.44. The van der Waals surface area contributed by atoms with Gasteiger partial charge in [-0.05, 0) is 47.5 Å². The molecule has 0 saturated carbocycles. The normalized spacial score (nSPS) is 18.4. The zero-order valence-electron chi connectivity index (χ0n) is 19.3. The number of rotatable bonds is 7. The van der Waals surface area contributed by atoms with Crippen molar-refractivity contribution in [3.8, 4) is 0 Å². The molecule has 2 aromatic carbocycles. The van der Waals surface area contributed by atoms with Crippen LogP contribution >= 0.6 is 0 Å². The van der Waals surface area contributed by atoms with E-state index in [0.29, 0.717) is 16.9 Å². The summed E-state index contributed by atoms with van der Waals surface area (Å²) in [6, 6.07) is 11.3. The highest BCUT2D eigenvalue weighted by Crippen LogP contribution is 2.27. The number of ether oxygens (including phenoxy) is 1. The Balaban J connectivity index is 1.45. The van der Waals surface area contributed by atoms with E-state index in [2.05, 4.69) is 5.32 Å². The van der Waals surface area contributed by atoms with Gasteiger partial charge in [0, 0.05) is 30.0 Å². The fourth-order valence-corrected chi connectivity index (χ4v) is 4.18. The fourth-order valence-electron chi connectivity index (χ4n) is 4.18. The number of nitrogens with one attached hydrogen (secondary N) is 2. The monoisotopic (exact) mass is 494 g/mol. The van der Waals surface area contributed by atoms with Gasteiger partial charge in [-0.3, -0.25) is 24.6 Å². The van der Waals surface area contributed by atoms with Crippen molar-refractivity contribution < 1.29 is 29.0 Å². The molecule has 12 nitrogen and oxygen atoms in total. The second-order valence-electron chi connectivity index (χ2n) is 8.55. The Morgan fingerprint density at radius 1 is 1.14 bits per heavy atom. The number of hydrogen-bond acceptors (Lipinski definition) is 7. The summed E-state index contributed by atoms with van der Waals surface area (Å²) in [6.45, 7) is 0.376. The van der Waals surface area contributed by atoms with E-state index in [9.17, 15) is 24.3 Å². The molecule has 2 aromatic rings. The largest absolute Gasteiger partial charge is 0.384 e. The Hall–Kier alpha value is -4.29. The molecule has 188 valence electrons. The lowest BCUT2D eigenvalue weighted by atomic mass is 9.97. The summed E-state index contributed by atoms with van der Waals surface area (Å²) >= 11 is 0. The summed E-state index contributed by atoms with van der Waals surface area (Å²) in [5.74, 6) is -2.37. The van der Waals surface area contributed by atoms with Crippen molar-refractivity contribution in [3.05, 3.63) is 59.2 Å². The highest BCUT2D eigenvalue weighted by atomic mass is 16.5. The molecular weight excluding hydrogens is 468 g/mol. The van der Waals surface area contributed by atoms with Gasteiger partial charge < -0.3 is 36.4 Å². The van der Waals surface area contributed by atoms with Crippen LogP contribution in [0.15, 0.2) is 42.5 Å². The lowest BCUT2D eigenvalue weighted by Gasteiger charge is -2.35. The molecule has 2 atom stereocenters. The molecule has 1 unspecified atom stereocenters. The van der Waals surface area contributed by atoms with Crippen LogP contribution in [0.4, 0.5) is 11.4 Å². The van der Waals surface area contributed by atoms with E-state index in [4.69, 9.17) is 21.6 Å². The highest BCUT2D eigenvalue weighted by Gasteiger charge is 2.39. The minimum absolute atomic E-state index is 0.0614. The number of aliphatic hydroxyl groups excluding tert-OH is 1. The van der Waals surface area contributed by atoms with Crippen molar-refractivity contribution in [2.45, 2.75) is 25.2 Å². The second-order valence-corrected chi connectivity index (χ2v) is 8.55. The van der Waals surface area contributed by atoms with Crippen LogP contribution < -0.4 is 21.7 Å². The third-order valence-electron chi connectivity index (χ3n) is 6.04. The van der Waals surface area contributed by atoms with Crippen molar-refractivity contribution in [1.29, 1.82) is 5.41 Å². The lowest BCUT2D eigenvalue weighted by molar-refractivity contribution is -0.150. The standard InChI is InChI=1S/C24H26N6O6/c25-18(31)12-29-11-14-3-6-17(9-15(14)10-19(29)32)30-7-8-36-21(24(30)35)20(33)23(34)28-16-4-1-13(2-5-16)22(26)27/h1-6,9,20-21,33H,7-8,10-12H2,(H2,25,31)(H3,26,27)(H,28,34)/t20-,21?/m1/s1. The molecule has 0 spiro atoms. The molecule has 1 saturated heterocycles. The molecule has 0 bridgehead atoms. The fraction of sp³-hybridized carbons (Fsp3) is 0.292. The van der Waals surface area contributed by atoms with Crippen LogP contribution in [0.1, 0.15) is 16.7 Å². The predicted octanol–water partition coefficient (Wildman–Crippen LogP) is -0.928. The number of amides is 4. The van der Waals surface area contributed by atoms with Crippen LogP contribution in [0.25, 0.3) is 0 Å². The van der Waals surface area contributed by atoms with Crippen LogP contribution in [0.2, 0.25) is 0 Å². The van der Waals surface area contributed by atoms with Crippen LogP contribution in [-0.2, 0) is 36.9 Å². The number of nitrogens with two attached hydrogens (primary N) is 2. The van der Waals surface area contributed by atoms with Gasteiger partial charge in [0.1, 0.15) is 5.84 Å². The van der Waals surface area contributed by atoms with E-state index in [1.165, 1.54) is 21.9 Å². The average molecular weight is 495 g/mol. The summed E-state index contributed by atoms with van der Waals surface area (Å²) in [5, 5.41) is 20.5. The maximum atomic E-state index is 13.1. The zero-order chi connectivity index (χ0) is 26.0. The lowest BCUT2D eigenvalue weighted by Crippen LogP contribution is -2.55. The first kappa shape index (κ1) is 24.8.